The summed E-state index contributed by atoms with van der Waals surface area (Å²) in [7, 11) is 0. The van der Waals surface area contributed by atoms with Gasteiger partial charge >= 0.3 is 0 Å². The van der Waals surface area contributed by atoms with E-state index < -0.39 is 5.78 Å². The molecule has 0 spiro atoms. The number of rotatable bonds is 5. The molecule has 0 fully saturated rings. The van der Waals surface area contributed by atoms with Crippen molar-refractivity contribution in [2.75, 3.05) is 6.61 Å². The van der Waals surface area contributed by atoms with Gasteiger partial charge in [-0.15, -0.1) is 0 Å². The number of carbonyl (C=O) groups is 1. The fourth-order valence-corrected chi connectivity index (χ4v) is 2.56. The summed E-state index contributed by atoms with van der Waals surface area (Å²) < 4.78 is 5.35. The minimum atomic E-state index is -0.503. The molecular formula is C18H13Cl2NO2. The number of nitriles is 1. The van der Waals surface area contributed by atoms with Crippen molar-refractivity contribution in [3.05, 3.63) is 69.2 Å². The Morgan fingerprint density at radius 1 is 1.17 bits per heavy atom. The van der Waals surface area contributed by atoms with Crippen LogP contribution >= 0.6 is 23.2 Å². The third-order valence-corrected chi connectivity index (χ3v) is 3.69. The van der Waals surface area contributed by atoms with Gasteiger partial charge in [0.15, 0.2) is 0 Å². The number of ketones is 1. The Bertz CT molecular complexity index is 769. The number of hydrogen-bond donors (Lipinski definition) is 0. The third kappa shape index (κ3) is 4.13. The second kappa shape index (κ2) is 7.82. The van der Waals surface area contributed by atoms with Gasteiger partial charge in [-0.05, 0) is 42.8 Å². The van der Waals surface area contributed by atoms with Crippen molar-refractivity contribution < 1.29 is 9.53 Å². The summed E-state index contributed by atoms with van der Waals surface area (Å²) in [5, 5.41) is 9.73. The molecule has 0 heterocycles. The maximum absolute atomic E-state index is 12.5. The van der Waals surface area contributed by atoms with Crippen molar-refractivity contribution >= 4 is 35.1 Å². The lowest BCUT2D eigenvalue weighted by atomic mass is 10.0. The van der Waals surface area contributed by atoms with E-state index in [4.69, 9.17) is 27.9 Å². The molecule has 0 bridgehead atoms. The molecule has 116 valence electrons. The predicted octanol–water partition coefficient (Wildman–Crippen LogP) is 5.18. The van der Waals surface area contributed by atoms with Crippen LogP contribution in [-0.4, -0.2) is 12.4 Å². The summed E-state index contributed by atoms with van der Waals surface area (Å²) in [6.45, 7) is 2.47. The van der Waals surface area contributed by atoms with Crippen LogP contribution in [-0.2, 0) is 0 Å². The largest absolute Gasteiger partial charge is 0.494 e. The maximum atomic E-state index is 12.5. The molecule has 0 amide bonds. The average Bonchev–Trinajstić information content (AvgIpc) is 2.54. The molecule has 3 nitrogen and oxygen atoms in total. The first kappa shape index (κ1) is 17.1. The van der Waals surface area contributed by atoms with Gasteiger partial charge in [0.1, 0.15) is 17.4 Å². The summed E-state index contributed by atoms with van der Waals surface area (Å²) in [5.74, 6) is 0.223. The van der Waals surface area contributed by atoms with Crippen LogP contribution in [0.15, 0.2) is 48.0 Å². The molecule has 0 aliphatic carbocycles. The lowest BCUT2D eigenvalue weighted by molar-refractivity contribution is 0.104. The summed E-state index contributed by atoms with van der Waals surface area (Å²) in [6, 6.07) is 13.8. The molecule has 0 aliphatic heterocycles. The van der Waals surface area contributed by atoms with Crippen molar-refractivity contribution in [3.8, 4) is 11.8 Å². The van der Waals surface area contributed by atoms with E-state index in [1.807, 2.05) is 13.0 Å². The zero-order valence-electron chi connectivity index (χ0n) is 12.3. The molecule has 0 saturated heterocycles. The zero-order valence-corrected chi connectivity index (χ0v) is 13.9. The third-order valence-electron chi connectivity index (χ3n) is 3.06. The number of nitrogens with zero attached hydrogens (tertiary/aromatic N) is 1. The van der Waals surface area contributed by atoms with Crippen LogP contribution in [0.2, 0.25) is 10.0 Å². The fourth-order valence-electron chi connectivity index (χ4n) is 1.99. The molecule has 2 rings (SSSR count). The second-order valence-corrected chi connectivity index (χ2v) is 5.41. The molecule has 0 saturated carbocycles. The van der Waals surface area contributed by atoms with E-state index in [1.165, 1.54) is 6.08 Å². The normalized spacial score (nSPS) is 11.0. The highest BCUT2D eigenvalue weighted by Crippen LogP contribution is 2.27. The monoisotopic (exact) mass is 345 g/mol. The van der Waals surface area contributed by atoms with Crippen molar-refractivity contribution in [1.82, 2.24) is 0 Å². The van der Waals surface area contributed by atoms with E-state index in [0.29, 0.717) is 12.2 Å². The van der Waals surface area contributed by atoms with Gasteiger partial charge in [-0.3, -0.25) is 4.79 Å². The van der Waals surface area contributed by atoms with Crippen molar-refractivity contribution in [1.29, 1.82) is 5.26 Å². The number of ether oxygens (including phenoxy) is 1. The molecule has 0 radical (unpaired) electrons. The minimum Gasteiger partial charge on any atom is -0.494 e. The van der Waals surface area contributed by atoms with Gasteiger partial charge in [-0.2, -0.15) is 5.26 Å². The van der Waals surface area contributed by atoms with Crippen LogP contribution in [0, 0.1) is 11.3 Å². The molecule has 0 aromatic heterocycles. The maximum Gasteiger partial charge on any atom is 0.206 e. The quantitative estimate of drug-likeness (QED) is 0.426. The summed E-state index contributed by atoms with van der Waals surface area (Å²) in [6.07, 6.45) is 1.50. The minimum absolute atomic E-state index is 0.0378. The number of benzene rings is 2. The first-order chi connectivity index (χ1) is 11.1. The Morgan fingerprint density at radius 2 is 1.78 bits per heavy atom. The molecule has 2 aromatic carbocycles. The molecule has 0 atom stereocenters. The Balaban J connectivity index is 2.35. The Kier molecular flexibility index (Phi) is 5.81. The molecule has 2 aromatic rings. The van der Waals surface area contributed by atoms with Gasteiger partial charge in [0, 0.05) is 0 Å². The Morgan fingerprint density at radius 3 is 2.30 bits per heavy atom. The van der Waals surface area contributed by atoms with E-state index in [1.54, 1.807) is 42.5 Å². The topological polar surface area (TPSA) is 50.1 Å². The molecular weight excluding hydrogens is 333 g/mol. The van der Waals surface area contributed by atoms with Gasteiger partial charge in [0.05, 0.1) is 22.2 Å². The summed E-state index contributed by atoms with van der Waals surface area (Å²) in [4.78, 5) is 12.5. The smallest absolute Gasteiger partial charge is 0.206 e. The van der Waals surface area contributed by atoms with Gasteiger partial charge < -0.3 is 4.74 Å². The second-order valence-electron chi connectivity index (χ2n) is 4.60. The van der Waals surface area contributed by atoms with Crippen LogP contribution in [0.4, 0.5) is 0 Å². The van der Waals surface area contributed by atoms with Crippen LogP contribution < -0.4 is 4.74 Å². The number of Topliss-reactive ketones (excluding diaryl/α,β-unsaturated/α-hetero) is 1. The van der Waals surface area contributed by atoms with E-state index in [-0.39, 0.29) is 21.2 Å². The van der Waals surface area contributed by atoms with E-state index >= 15 is 0 Å². The van der Waals surface area contributed by atoms with Crippen LogP contribution in [0.25, 0.3) is 6.08 Å². The lowest BCUT2D eigenvalue weighted by Gasteiger charge is -2.05. The van der Waals surface area contributed by atoms with Gasteiger partial charge in [-0.25, -0.2) is 0 Å². The molecule has 5 heteroatoms. The van der Waals surface area contributed by atoms with E-state index in [9.17, 15) is 10.1 Å². The SMILES string of the molecule is CCOc1ccc(/C=C(\C#N)C(=O)c2c(Cl)cccc2Cl)cc1. The Labute approximate surface area is 144 Å². The number of halogens is 2. The van der Waals surface area contributed by atoms with Gasteiger partial charge in [0.25, 0.3) is 0 Å². The molecule has 0 aliphatic rings. The van der Waals surface area contributed by atoms with Crippen molar-refractivity contribution in [2.45, 2.75) is 6.92 Å². The first-order valence-electron chi connectivity index (χ1n) is 6.90. The molecule has 0 N–H and O–H groups in total. The van der Waals surface area contributed by atoms with Crippen LogP contribution in [0.3, 0.4) is 0 Å². The van der Waals surface area contributed by atoms with Crippen molar-refractivity contribution in [2.24, 2.45) is 0 Å². The van der Waals surface area contributed by atoms with Crippen LogP contribution in [0.5, 0.6) is 5.75 Å². The highest BCUT2D eigenvalue weighted by molar-refractivity contribution is 6.41. The fraction of sp³-hybridized carbons (Fsp3) is 0.111. The lowest BCUT2D eigenvalue weighted by Crippen LogP contribution is -2.04. The highest BCUT2D eigenvalue weighted by atomic mass is 35.5. The van der Waals surface area contributed by atoms with Gasteiger partial charge in [0.2, 0.25) is 5.78 Å². The summed E-state index contributed by atoms with van der Waals surface area (Å²) in [5.41, 5.74) is 0.806. The molecule has 0 unspecified atom stereocenters. The average molecular weight is 346 g/mol. The van der Waals surface area contributed by atoms with E-state index in [2.05, 4.69) is 0 Å². The summed E-state index contributed by atoms with van der Waals surface area (Å²) >= 11 is 12.1. The first-order valence-corrected chi connectivity index (χ1v) is 7.65. The molecule has 23 heavy (non-hydrogen) atoms. The van der Waals surface area contributed by atoms with E-state index in [0.717, 1.165) is 5.75 Å². The van der Waals surface area contributed by atoms with Gasteiger partial charge in [-0.1, -0.05) is 41.4 Å². The Hall–Kier alpha value is -2.28. The standard InChI is InChI=1S/C18H13Cl2NO2/c1-2-23-14-8-6-12(7-9-14)10-13(11-21)18(22)17-15(19)4-3-5-16(17)20/h3-10H,2H2,1H3/b13-10+. The highest BCUT2D eigenvalue weighted by Gasteiger charge is 2.18. The number of allylic oxidation sites excluding steroid dienone is 1. The number of hydrogen-bond acceptors (Lipinski definition) is 3. The zero-order chi connectivity index (χ0) is 16.8. The predicted molar refractivity (Wildman–Crippen MR) is 92.0 cm³/mol. The number of carbonyl (C=O) groups excluding carboxylic acids is 1. The van der Waals surface area contributed by atoms with Crippen molar-refractivity contribution in [3.63, 3.8) is 0 Å². The van der Waals surface area contributed by atoms with Crippen LogP contribution in [0.1, 0.15) is 22.8 Å².